The number of hydrogen-bond donors (Lipinski definition) is 1. The van der Waals surface area contributed by atoms with Crippen LogP contribution < -0.4 is 5.32 Å². The summed E-state index contributed by atoms with van der Waals surface area (Å²) in [5, 5.41) is 3.03. The van der Waals surface area contributed by atoms with E-state index in [1.165, 1.54) is 5.56 Å². The smallest absolute Gasteiger partial charge is 0.317 e. The van der Waals surface area contributed by atoms with Crippen LogP contribution in [0.25, 0.3) is 0 Å². The third kappa shape index (κ3) is 4.71. The second-order valence-electron chi connectivity index (χ2n) is 6.95. The Morgan fingerprint density at radius 2 is 2.12 bits per heavy atom. The van der Waals surface area contributed by atoms with E-state index < -0.39 is 0 Å². The molecule has 2 fully saturated rings. The number of nitrogens with zero attached hydrogens (tertiary/aromatic N) is 2. The number of nitrogens with one attached hydrogen (secondary N) is 1. The lowest BCUT2D eigenvalue weighted by molar-refractivity contribution is 0.101. The van der Waals surface area contributed by atoms with Crippen LogP contribution in [0.5, 0.6) is 0 Å². The lowest BCUT2D eigenvalue weighted by Crippen LogP contribution is -2.51. The van der Waals surface area contributed by atoms with Crippen molar-refractivity contribution in [2.45, 2.75) is 44.4 Å². The van der Waals surface area contributed by atoms with E-state index in [4.69, 9.17) is 4.74 Å². The van der Waals surface area contributed by atoms with Crippen LogP contribution in [0.15, 0.2) is 30.3 Å². The van der Waals surface area contributed by atoms with Gasteiger partial charge in [-0.1, -0.05) is 30.3 Å². The molecule has 2 aliphatic heterocycles. The normalized spacial score (nSPS) is 24.7. The SMILES string of the molecule is CN(C(=O)NCC1CCCO1)C1CCCN(Cc2ccccc2)C1. The molecule has 2 unspecified atom stereocenters. The summed E-state index contributed by atoms with van der Waals surface area (Å²) in [6.07, 6.45) is 4.57. The number of urea groups is 1. The van der Waals surface area contributed by atoms with Gasteiger partial charge in [0.25, 0.3) is 0 Å². The summed E-state index contributed by atoms with van der Waals surface area (Å²) in [6.45, 7) is 4.47. The second kappa shape index (κ2) is 8.49. The van der Waals surface area contributed by atoms with Gasteiger partial charge in [-0.25, -0.2) is 4.79 Å². The van der Waals surface area contributed by atoms with Gasteiger partial charge in [-0.15, -0.1) is 0 Å². The van der Waals surface area contributed by atoms with Gasteiger partial charge in [0.1, 0.15) is 0 Å². The molecule has 0 saturated carbocycles. The molecule has 24 heavy (non-hydrogen) atoms. The molecule has 2 aliphatic rings. The molecule has 2 heterocycles. The van der Waals surface area contributed by atoms with Gasteiger partial charge in [-0.05, 0) is 37.8 Å². The quantitative estimate of drug-likeness (QED) is 0.901. The highest BCUT2D eigenvalue weighted by atomic mass is 16.5. The van der Waals surface area contributed by atoms with E-state index in [1.54, 1.807) is 0 Å². The molecule has 1 N–H and O–H groups in total. The molecule has 1 aromatic rings. The molecule has 132 valence electrons. The highest BCUT2D eigenvalue weighted by Gasteiger charge is 2.26. The molecule has 0 bridgehead atoms. The zero-order chi connectivity index (χ0) is 16.8. The summed E-state index contributed by atoms with van der Waals surface area (Å²) in [5.74, 6) is 0. The predicted octanol–water partition coefficient (Wildman–Crippen LogP) is 2.47. The van der Waals surface area contributed by atoms with E-state index in [1.807, 2.05) is 11.9 Å². The van der Waals surface area contributed by atoms with Gasteiger partial charge >= 0.3 is 6.03 Å². The first kappa shape index (κ1) is 17.2. The summed E-state index contributed by atoms with van der Waals surface area (Å²) >= 11 is 0. The zero-order valence-electron chi connectivity index (χ0n) is 14.6. The first-order valence-electron chi connectivity index (χ1n) is 9.11. The van der Waals surface area contributed by atoms with E-state index in [0.717, 1.165) is 51.9 Å². The number of ether oxygens (including phenoxy) is 1. The molecule has 3 rings (SSSR count). The maximum atomic E-state index is 12.4. The molecule has 5 nitrogen and oxygen atoms in total. The predicted molar refractivity (Wildman–Crippen MR) is 94.9 cm³/mol. The Morgan fingerprint density at radius 1 is 1.29 bits per heavy atom. The number of likely N-dealkylation sites (N-methyl/N-ethyl adjacent to an activating group) is 1. The summed E-state index contributed by atoms with van der Waals surface area (Å²) < 4.78 is 5.57. The van der Waals surface area contributed by atoms with Gasteiger partial charge in [0.2, 0.25) is 0 Å². The molecule has 2 saturated heterocycles. The minimum atomic E-state index is 0.0251. The van der Waals surface area contributed by atoms with Gasteiger partial charge in [0, 0.05) is 39.3 Å². The molecular formula is C19H29N3O2. The molecule has 0 aliphatic carbocycles. The Hall–Kier alpha value is -1.59. The number of likely N-dealkylation sites (tertiary alicyclic amines) is 1. The third-order valence-corrected chi connectivity index (χ3v) is 5.10. The van der Waals surface area contributed by atoms with Crippen molar-refractivity contribution in [3.63, 3.8) is 0 Å². The van der Waals surface area contributed by atoms with Crippen molar-refractivity contribution in [2.24, 2.45) is 0 Å². The Labute approximate surface area is 145 Å². The van der Waals surface area contributed by atoms with Crippen LogP contribution in [-0.4, -0.2) is 61.3 Å². The van der Waals surface area contributed by atoms with E-state index in [0.29, 0.717) is 6.54 Å². The van der Waals surface area contributed by atoms with E-state index in [-0.39, 0.29) is 18.2 Å². The number of carbonyl (C=O) groups excluding carboxylic acids is 1. The standard InChI is InChI=1S/C19H29N3O2/c1-21(19(23)20-13-18-10-6-12-24-18)17-9-5-11-22(15-17)14-16-7-3-2-4-8-16/h2-4,7-8,17-18H,5-6,9-15H2,1H3,(H,20,23). The molecule has 2 amide bonds. The lowest BCUT2D eigenvalue weighted by Gasteiger charge is -2.37. The second-order valence-corrected chi connectivity index (χ2v) is 6.95. The molecule has 0 aromatic heterocycles. The van der Waals surface area contributed by atoms with Crippen LogP contribution in [0.3, 0.4) is 0 Å². The van der Waals surface area contributed by atoms with Crippen LogP contribution in [0.2, 0.25) is 0 Å². The van der Waals surface area contributed by atoms with Gasteiger partial charge in [0.05, 0.1) is 6.10 Å². The number of piperidine rings is 1. The minimum Gasteiger partial charge on any atom is -0.376 e. The van der Waals surface area contributed by atoms with Crippen molar-refractivity contribution in [3.05, 3.63) is 35.9 Å². The van der Waals surface area contributed by atoms with Crippen molar-refractivity contribution in [3.8, 4) is 0 Å². The maximum Gasteiger partial charge on any atom is 0.317 e. The fraction of sp³-hybridized carbons (Fsp3) is 0.632. The van der Waals surface area contributed by atoms with E-state index >= 15 is 0 Å². The summed E-state index contributed by atoms with van der Waals surface area (Å²) in [7, 11) is 1.92. The maximum absolute atomic E-state index is 12.4. The fourth-order valence-corrected chi connectivity index (χ4v) is 3.63. The Morgan fingerprint density at radius 3 is 2.88 bits per heavy atom. The van der Waals surface area contributed by atoms with Gasteiger partial charge in [0.15, 0.2) is 0 Å². The molecule has 0 spiro atoms. The molecular weight excluding hydrogens is 302 g/mol. The van der Waals surface area contributed by atoms with Crippen LogP contribution >= 0.6 is 0 Å². The topological polar surface area (TPSA) is 44.8 Å². The Kier molecular flexibility index (Phi) is 6.10. The number of rotatable bonds is 5. The first-order chi connectivity index (χ1) is 11.7. The first-order valence-corrected chi connectivity index (χ1v) is 9.11. The number of amides is 2. The zero-order valence-corrected chi connectivity index (χ0v) is 14.6. The van der Waals surface area contributed by atoms with Crippen LogP contribution in [-0.2, 0) is 11.3 Å². The van der Waals surface area contributed by atoms with Crippen molar-refractivity contribution in [1.29, 1.82) is 0 Å². The van der Waals surface area contributed by atoms with Crippen LogP contribution in [0.1, 0.15) is 31.2 Å². The number of carbonyl (C=O) groups is 1. The summed E-state index contributed by atoms with van der Waals surface area (Å²) in [6, 6.07) is 10.9. The van der Waals surface area contributed by atoms with Gasteiger partial charge in [-0.2, -0.15) is 0 Å². The number of hydrogen-bond acceptors (Lipinski definition) is 3. The monoisotopic (exact) mass is 331 g/mol. The average Bonchev–Trinajstić information content (AvgIpc) is 3.14. The highest BCUT2D eigenvalue weighted by Crippen LogP contribution is 2.17. The summed E-state index contributed by atoms with van der Waals surface area (Å²) in [4.78, 5) is 16.7. The van der Waals surface area contributed by atoms with Gasteiger partial charge in [-0.3, -0.25) is 4.90 Å². The van der Waals surface area contributed by atoms with Crippen molar-refractivity contribution >= 4 is 6.03 Å². The molecule has 0 radical (unpaired) electrons. The Balaban J connectivity index is 1.46. The largest absolute Gasteiger partial charge is 0.376 e. The average molecular weight is 331 g/mol. The van der Waals surface area contributed by atoms with E-state index in [2.05, 4.69) is 40.5 Å². The minimum absolute atomic E-state index is 0.0251. The third-order valence-electron chi connectivity index (χ3n) is 5.10. The fourth-order valence-electron chi connectivity index (χ4n) is 3.63. The van der Waals surface area contributed by atoms with Crippen LogP contribution in [0.4, 0.5) is 4.79 Å². The molecule has 1 aromatic carbocycles. The summed E-state index contributed by atoms with van der Waals surface area (Å²) in [5.41, 5.74) is 1.34. The van der Waals surface area contributed by atoms with Crippen LogP contribution in [0, 0.1) is 0 Å². The molecule has 5 heteroatoms. The highest BCUT2D eigenvalue weighted by molar-refractivity contribution is 5.74. The number of benzene rings is 1. The van der Waals surface area contributed by atoms with E-state index in [9.17, 15) is 4.79 Å². The lowest BCUT2D eigenvalue weighted by atomic mass is 10.0. The Bertz CT molecular complexity index is 517. The van der Waals surface area contributed by atoms with Crippen molar-refractivity contribution < 1.29 is 9.53 Å². The van der Waals surface area contributed by atoms with Gasteiger partial charge < -0.3 is 15.0 Å². The van der Waals surface area contributed by atoms with Crippen molar-refractivity contribution in [2.75, 3.05) is 33.3 Å². The van der Waals surface area contributed by atoms with Crippen molar-refractivity contribution in [1.82, 2.24) is 15.1 Å². The molecule has 2 atom stereocenters.